The maximum absolute atomic E-state index is 13.1. The zero-order chi connectivity index (χ0) is 21.0. The molecule has 0 bridgehead atoms. The van der Waals surface area contributed by atoms with E-state index in [-0.39, 0.29) is 53.7 Å². The Morgan fingerprint density at radius 2 is 1.97 bits per heavy atom. The second-order valence-electron chi connectivity index (χ2n) is 6.73. The van der Waals surface area contributed by atoms with Crippen molar-refractivity contribution in [3.05, 3.63) is 41.4 Å². The van der Waals surface area contributed by atoms with Crippen molar-refractivity contribution >= 4 is 27.4 Å². The maximum atomic E-state index is 13.1. The first-order valence-corrected chi connectivity index (χ1v) is 11.1. The molecule has 10 heteroatoms. The van der Waals surface area contributed by atoms with Gasteiger partial charge in [-0.25, -0.2) is 8.42 Å². The Kier molecular flexibility index (Phi) is 6.59. The summed E-state index contributed by atoms with van der Waals surface area (Å²) < 4.78 is 36.9. The Morgan fingerprint density at radius 1 is 1.21 bits per heavy atom. The second-order valence-corrected chi connectivity index (χ2v) is 9.33. The second kappa shape index (κ2) is 8.96. The van der Waals surface area contributed by atoms with Gasteiger partial charge in [-0.2, -0.15) is 0 Å². The van der Waals surface area contributed by atoms with Crippen molar-refractivity contribution in [2.75, 3.05) is 13.2 Å². The van der Waals surface area contributed by atoms with E-state index >= 15 is 0 Å². The minimum absolute atomic E-state index is 0.0558. The van der Waals surface area contributed by atoms with Gasteiger partial charge in [-0.3, -0.25) is 4.79 Å². The molecule has 3 rings (SSSR count). The average Bonchev–Trinajstić information content (AvgIpc) is 3.13. The van der Waals surface area contributed by atoms with E-state index < -0.39 is 27.0 Å². The maximum Gasteiger partial charge on any atom is 0.309 e. The summed E-state index contributed by atoms with van der Waals surface area (Å²) in [6.45, 7) is 1.97. The number of esters is 1. The lowest BCUT2D eigenvalue weighted by molar-refractivity contribution is -0.149. The Balaban J connectivity index is 1.80. The fraction of sp³-hybridized carbons (Fsp3) is 0.421. The number of ether oxygens (including phenoxy) is 2. The highest BCUT2D eigenvalue weighted by molar-refractivity contribution is 7.92. The third-order valence-electron chi connectivity index (χ3n) is 4.89. The van der Waals surface area contributed by atoms with Gasteiger partial charge < -0.3 is 14.6 Å². The van der Waals surface area contributed by atoms with Gasteiger partial charge in [0, 0.05) is 18.1 Å². The molecule has 1 saturated carbocycles. The summed E-state index contributed by atoms with van der Waals surface area (Å²) in [5.74, 6) is -1.53. The third kappa shape index (κ3) is 4.79. The predicted octanol–water partition coefficient (Wildman–Crippen LogP) is 2.65. The van der Waals surface area contributed by atoms with Crippen molar-refractivity contribution in [3.8, 4) is 11.8 Å². The fourth-order valence-corrected chi connectivity index (χ4v) is 5.87. The SMILES string of the molecule is CCOC(=O)[C@@H]1CC(S(=O)(=O)c2ccccc2Cl)C[C@H]1COc1ccc(O)nn1. The van der Waals surface area contributed by atoms with Crippen LogP contribution in [0, 0.1) is 11.8 Å². The van der Waals surface area contributed by atoms with Gasteiger partial charge in [0.1, 0.15) is 0 Å². The summed E-state index contributed by atoms with van der Waals surface area (Å²) in [4.78, 5) is 12.5. The number of nitrogens with zero attached hydrogens (tertiary/aromatic N) is 2. The van der Waals surface area contributed by atoms with Crippen molar-refractivity contribution in [1.82, 2.24) is 10.2 Å². The van der Waals surface area contributed by atoms with Crippen LogP contribution in [0.3, 0.4) is 0 Å². The lowest BCUT2D eigenvalue weighted by atomic mass is 9.97. The monoisotopic (exact) mass is 440 g/mol. The summed E-state index contributed by atoms with van der Waals surface area (Å²) in [5.41, 5.74) is 0. The highest BCUT2D eigenvalue weighted by Gasteiger charge is 2.46. The van der Waals surface area contributed by atoms with Gasteiger partial charge in [0.15, 0.2) is 9.84 Å². The molecule has 1 unspecified atom stereocenters. The highest BCUT2D eigenvalue weighted by Crippen LogP contribution is 2.40. The summed E-state index contributed by atoms with van der Waals surface area (Å²) >= 11 is 6.10. The Labute approximate surface area is 173 Å². The Bertz CT molecular complexity index is 967. The quantitative estimate of drug-likeness (QED) is 0.653. The molecule has 1 aliphatic rings. The van der Waals surface area contributed by atoms with Gasteiger partial charge in [0.2, 0.25) is 11.8 Å². The van der Waals surface area contributed by atoms with Gasteiger partial charge >= 0.3 is 5.97 Å². The Morgan fingerprint density at radius 3 is 2.62 bits per heavy atom. The van der Waals surface area contributed by atoms with E-state index in [0.29, 0.717) is 0 Å². The first kappa shape index (κ1) is 21.3. The Hall–Kier alpha value is -2.39. The standard InChI is InChI=1S/C19H21ClN2O6S/c1-2-27-19(24)14-10-13(29(25,26)16-6-4-3-5-15(16)20)9-12(14)11-28-18-8-7-17(23)21-22-18/h3-8,12-14H,2,9-11H2,1H3,(H,21,23)/t12-,13?,14+/m0/s1. The van der Waals surface area contributed by atoms with Crippen LogP contribution in [-0.4, -0.2) is 48.2 Å². The molecule has 1 heterocycles. The number of sulfone groups is 1. The molecule has 0 radical (unpaired) electrons. The summed E-state index contributed by atoms with van der Waals surface area (Å²) in [6, 6.07) is 9.02. The van der Waals surface area contributed by atoms with E-state index in [4.69, 9.17) is 21.1 Å². The summed E-state index contributed by atoms with van der Waals surface area (Å²) in [6.07, 6.45) is 0.351. The van der Waals surface area contributed by atoms with Crippen LogP contribution in [0.1, 0.15) is 19.8 Å². The van der Waals surface area contributed by atoms with Crippen molar-refractivity contribution in [3.63, 3.8) is 0 Å². The number of benzene rings is 1. The highest BCUT2D eigenvalue weighted by atomic mass is 35.5. The third-order valence-corrected chi connectivity index (χ3v) is 7.57. The van der Waals surface area contributed by atoms with Gasteiger partial charge in [-0.05, 0) is 31.9 Å². The molecule has 1 N–H and O–H groups in total. The molecule has 1 fully saturated rings. The molecule has 156 valence electrons. The first-order valence-electron chi connectivity index (χ1n) is 9.13. The molecule has 3 atom stereocenters. The van der Waals surface area contributed by atoms with E-state index in [1.165, 1.54) is 24.3 Å². The molecule has 1 aromatic carbocycles. The van der Waals surface area contributed by atoms with Crippen molar-refractivity contribution < 1.29 is 27.8 Å². The van der Waals surface area contributed by atoms with Gasteiger partial charge in [0.05, 0.1) is 34.3 Å². The molecule has 0 amide bonds. The lowest BCUT2D eigenvalue weighted by Crippen LogP contribution is -2.25. The number of aromatic nitrogens is 2. The topological polar surface area (TPSA) is 116 Å². The molecular formula is C19H21ClN2O6S. The molecule has 0 spiro atoms. The van der Waals surface area contributed by atoms with Crippen LogP contribution in [0.5, 0.6) is 11.8 Å². The largest absolute Gasteiger partial charge is 0.492 e. The van der Waals surface area contributed by atoms with Gasteiger partial charge in [-0.15, -0.1) is 10.2 Å². The van der Waals surface area contributed by atoms with E-state index in [9.17, 15) is 18.3 Å². The molecule has 2 aromatic rings. The van der Waals surface area contributed by atoms with E-state index in [0.717, 1.165) is 0 Å². The van der Waals surface area contributed by atoms with E-state index in [1.54, 1.807) is 19.1 Å². The van der Waals surface area contributed by atoms with Crippen molar-refractivity contribution in [2.45, 2.75) is 29.9 Å². The summed E-state index contributed by atoms with van der Waals surface area (Å²) in [7, 11) is -3.73. The molecule has 1 aliphatic carbocycles. The molecule has 29 heavy (non-hydrogen) atoms. The van der Waals surface area contributed by atoms with Crippen LogP contribution >= 0.6 is 11.6 Å². The average molecular weight is 441 g/mol. The predicted molar refractivity (Wildman–Crippen MR) is 104 cm³/mol. The minimum Gasteiger partial charge on any atom is -0.492 e. The lowest BCUT2D eigenvalue weighted by Gasteiger charge is -2.17. The first-order chi connectivity index (χ1) is 13.8. The van der Waals surface area contributed by atoms with Crippen LogP contribution in [0.4, 0.5) is 0 Å². The van der Waals surface area contributed by atoms with Crippen LogP contribution in [0.2, 0.25) is 5.02 Å². The molecule has 0 aliphatic heterocycles. The number of rotatable bonds is 7. The van der Waals surface area contributed by atoms with E-state index in [2.05, 4.69) is 10.2 Å². The molecular weight excluding hydrogens is 420 g/mol. The van der Waals surface area contributed by atoms with E-state index in [1.807, 2.05) is 0 Å². The number of hydrogen-bond acceptors (Lipinski definition) is 8. The van der Waals surface area contributed by atoms with Crippen LogP contribution < -0.4 is 4.74 Å². The fourth-order valence-electron chi connectivity index (χ4n) is 3.49. The summed E-state index contributed by atoms with van der Waals surface area (Å²) in [5, 5.41) is 15.8. The number of carbonyl (C=O) groups excluding carboxylic acids is 1. The van der Waals surface area contributed by atoms with Crippen LogP contribution in [-0.2, 0) is 19.4 Å². The number of carbonyl (C=O) groups is 1. The zero-order valence-corrected chi connectivity index (χ0v) is 17.3. The van der Waals surface area contributed by atoms with Crippen LogP contribution in [0.15, 0.2) is 41.3 Å². The number of aromatic hydroxyl groups is 1. The normalized spacial score (nSPS) is 21.7. The number of hydrogen-bond donors (Lipinski definition) is 1. The minimum atomic E-state index is -3.73. The smallest absolute Gasteiger partial charge is 0.309 e. The van der Waals surface area contributed by atoms with Crippen molar-refractivity contribution in [1.29, 1.82) is 0 Å². The number of halogens is 1. The molecule has 8 nitrogen and oxygen atoms in total. The van der Waals surface area contributed by atoms with Crippen LogP contribution in [0.25, 0.3) is 0 Å². The zero-order valence-electron chi connectivity index (χ0n) is 15.7. The molecule has 0 saturated heterocycles. The van der Waals surface area contributed by atoms with Gasteiger partial charge in [0.25, 0.3) is 0 Å². The van der Waals surface area contributed by atoms with Gasteiger partial charge in [-0.1, -0.05) is 23.7 Å². The molecule has 1 aromatic heterocycles. The van der Waals surface area contributed by atoms with Crippen molar-refractivity contribution in [2.24, 2.45) is 11.8 Å².